The molecular formula is C30H31N3O3. The van der Waals surface area contributed by atoms with Crippen LogP contribution in [0.1, 0.15) is 60.6 Å². The number of rotatable bonds is 7. The van der Waals surface area contributed by atoms with Gasteiger partial charge in [0, 0.05) is 18.3 Å². The molecule has 1 amide bonds. The number of hydrogen-bond acceptors (Lipinski definition) is 5. The fraction of sp³-hybridized carbons (Fsp3) is 0.300. The maximum atomic E-state index is 13.6. The minimum Gasteiger partial charge on any atom is -0.494 e. The van der Waals surface area contributed by atoms with Crippen molar-refractivity contribution < 1.29 is 14.3 Å². The number of allylic oxidation sites excluding steroid dienone is 1. The van der Waals surface area contributed by atoms with Crippen LogP contribution in [0, 0.1) is 5.92 Å². The molecule has 2 aromatic carbocycles. The van der Waals surface area contributed by atoms with Crippen LogP contribution in [0.5, 0.6) is 11.5 Å². The summed E-state index contributed by atoms with van der Waals surface area (Å²) in [4.78, 5) is 17.8. The molecule has 1 aliphatic heterocycles. The van der Waals surface area contributed by atoms with Gasteiger partial charge in [0.15, 0.2) is 0 Å². The van der Waals surface area contributed by atoms with E-state index in [1.54, 1.807) is 29.5 Å². The Hall–Kier alpha value is -3.93. The van der Waals surface area contributed by atoms with Gasteiger partial charge >= 0.3 is 0 Å². The van der Waals surface area contributed by atoms with E-state index >= 15 is 0 Å². The summed E-state index contributed by atoms with van der Waals surface area (Å²) in [6.45, 7) is 5.21. The lowest BCUT2D eigenvalue weighted by Crippen LogP contribution is -2.32. The van der Waals surface area contributed by atoms with Gasteiger partial charge in [-0.05, 0) is 92.3 Å². The average Bonchev–Trinajstić information content (AvgIpc) is 3.31. The molecule has 6 heteroatoms. The van der Waals surface area contributed by atoms with Gasteiger partial charge in [-0.1, -0.05) is 24.3 Å². The molecule has 2 aliphatic rings. The van der Waals surface area contributed by atoms with E-state index in [2.05, 4.69) is 35.3 Å². The molecule has 5 rings (SSSR count). The average molecular weight is 482 g/mol. The molecule has 184 valence electrons. The van der Waals surface area contributed by atoms with Crippen molar-refractivity contribution in [2.45, 2.75) is 39.2 Å². The summed E-state index contributed by atoms with van der Waals surface area (Å²) in [5, 5.41) is 6.65. The Kier molecular flexibility index (Phi) is 7.12. The highest BCUT2D eigenvalue weighted by molar-refractivity contribution is 6.09. The van der Waals surface area contributed by atoms with Crippen LogP contribution in [-0.4, -0.2) is 34.8 Å². The monoisotopic (exact) mass is 481 g/mol. The van der Waals surface area contributed by atoms with E-state index in [9.17, 15) is 4.79 Å². The molecule has 1 aliphatic carbocycles. The number of amides is 1. The van der Waals surface area contributed by atoms with Gasteiger partial charge in [-0.2, -0.15) is 5.10 Å². The zero-order valence-electron chi connectivity index (χ0n) is 20.8. The maximum Gasteiger partial charge on any atom is 0.276 e. The Morgan fingerprint density at radius 3 is 2.33 bits per heavy atom. The first-order chi connectivity index (χ1) is 17.7. The Morgan fingerprint density at radius 2 is 1.69 bits per heavy atom. The first kappa shape index (κ1) is 23.8. The molecule has 0 bridgehead atoms. The standard InChI is InChI=1S/C30H31N3O3/c1-3-35-25-14-10-21(11-15-25)19-23-7-5-9-27-28(23)32-33(30(34)24-8-6-18-31-20-24)29(27)22-12-16-26(17-13-22)36-4-2/h6,8,10-20,27,29H,3-5,7,9H2,1-2H3/b23-19+/t27-,29+/m0/s1. The number of carbonyl (C=O) groups is 1. The molecule has 1 fully saturated rings. The fourth-order valence-electron chi connectivity index (χ4n) is 5.08. The van der Waals surface area contributed by atoms with Crippen LogP contribution in [0.3, 0.4) is 0 Å². The second kappa shape index (κ2) is 10.8. The topological polar surface area (TPSA) is 64.0 Å². The predicted octanol–water partition coefficient (Wildman–Crippen LogP) is 6.32. The summed E-state index contributed by atoms with van der Waals surface area (Å²) in [5.74, 6) is 1.68. The van der Waals surface area contributed by atoms with Crippen molar-refractivity contribution in [2.75, 3.05) is 13.2 Å². The number of pyridine rings is 1. The Labute approximate surface area is 212 Å². The van der Waals surface area contributed by atoms with Crippen molar-refractivity contribution in [3.05, 3.63) is 95.3 Å². The van der Waals surface area contributed by atoms with Crippen molar-refractivity contribution in [1.29, 1.82) is 0 Å². The second-order valence-corrected chi connectivity index (χ2v) is 8.99. The van der Waals surface area contributed by atoms with E-state index in [0.29, 0.717) is 18.8 Å². The number of hydrogen-bond donors (Lipinski definition) is 0. The quantitative estimate of drug-likeness (QED) is 0.396. The van der Waals surface area contributed by atoms with Gasteiger partial charge in [-0.3, -0.25) is 9.78 Å². The van der Waals surface area contributed by atoms with Gasteiger partial charge in [-0.15, -0.1) is 0 Å². The Balaban J connectivity index is 1.51. The van der Waals surface area contributed by atoms with Crippen LogP contribution >= 0.6 is 0 Å². The van der Waals surface area contributed by atoms with Gasteiger partial charge in [0.05, 0.1) is 30.5 Å². The zero-order chi connectivity index (χ0) is 24.9. The first-order valence-electron chi connectivity index (χ1n) is 12.7. The molecule has 0 spiro atoms. The zero-order valence-corrected chi connectivity index (χ0v) is 20.8. The van der Waals surface area contributed by atoms with Crippen molar-refractivity contribution in [2.24, 2.45) is 11.0 Å². The number of carbonyl (C=O) groups excluding carboxylic acids is 1. The van der Waals surface area contributed by atoms with Crippen LogP contribution in [-0.2, 0) is 0 Å². The summed E-state index contributed by atoms with van der Waals surface area (Å²) in [5.41, 5.74) is 4.89. The number of fused-ring (bicyclic) bond motifs is 1. The highest BCUT2D eigenvalue weighted by Crippen LogP contribution is 2.45. The molecular weight excluding hydrogens is 450 g/mol. The molecule has 1 saturated carbocycles. The number of aromatic nitrogens is 1. The Morgan fingerprint density at radius 1 is 1.00 bits per heavy atom. The van der Waals surface area contributed by atoms with Crippen molar-refractivity contribution >= 4 is 17.7 Å². The lowest BCUT2D eigenvalue weighted by molar-refractivity contribution is 0.0680. The summed E-state index contributed by atoms with van der Waals surface area (Å²) in [7, 11) is 0. The summed E-state index contributed by atoms with van der Waals surface area (Å²) in [6.07, 6.45) is 8.45. The summed E-state index contributed by atoms with van der Waals surface area (Å²) < 4.78 is 11.2. The smallest absolute Gasteiger partial charge is 0.276 e. The number of benzene rings is 2. The molecule has 0 N–H and O–H groups in total. The van der Waals surface area contributed by atoms with E-state index in [-0.39, 0.29) is 17.9 Å². The molecule has 6 nitrogen and oxygen atoms in total. The van der Waals surface area contributed by atoms with E-state index in [0.717, 1.165) is 47.6 Å². The molecule has 2 atom stereocenters. The lowest BCUT2D eigenvalue weighted by atomic mass is 9.77. The number of ether oxygens (including phenoxy) is 2. The third-order valence-corrected chi connectivity index (χ3v) is 6.68. The SMILES string of the molecule is CCOc1ccc(/C=C2\CCC[C@H]3C2=NN(C(=O)c2cccnc2)[C@@H]3c2ccc(OCC)cc2)cc1. The molecule has 0 radical (unpaired) electrons. The highest BCUT2D eigenvalue weighted by atomic mass is 16.5. The van der Waals surface area contributed by atoms with Gasteiger partial charge in [-0.25, -0.2) is 5.01 Å². The summed E-state index contributed by atoms with van der Waals surface area (Å²) >= 11 is 0. The van der Waals surface area contributed by atoms with E-state index in [1.807, 2.05) is 38.1 Å². The van der Waals surface area contributed by atoms with Crippen LogP contribution in [0.4, 0.5) is 0 Å². The van der Waals surface area contributed by atoms with Crippen LogP contribution in [0.2, 0.25) is 0 Å². The van der Waals surface area contributed by atoms with Crippen molar-refractivity contribution in [3.8, 4) is 11.5 Å². The van der Waals surface area contributed by atoms with Crippen LogP contribution in [0.25, 0.3) is 6.08 Å². The summed E-state index contributed by atoms with van der Waals surface area (Å²) in [6, 6.07) is 19.6. The number of hydrazone groups is 1. The maximum absolute atomic E-state index is 13.6. The second-order valence-electron chi connectivity index (χ2n) is 8.99. The minimum atomic E-state index is -0.174. The van der Waals surface area contributed by atoms with E-state index in [1.165, 1.54) is 5.57 Å². The lowest BCUT2D eigenvalue weighted by Gasteiger charge is -2.29. The minimum absolute atomic E-state index is 0.131. The number of nitrogens with zero attached hydrogens (tertiary/aromatic N) is 3. The van der Waals surface area contributed by atoms with Crippen molar-refractivity contribution in [3.63, 3.8) is 0 Å². The van der Waals surface area contributed by atoms with Crippen LogP contribution in [0.15, 0.2) is 83.7 Å². The molecule has 0 saturated heterocycles. The van der Waals surface area contributed by atoms with E-state index < -0.39 is 0 Å². The predicted molar refractivity (Wildman–Crippen MR) is 141 cm³/mol. The van der Waals surface area contributed by atoms with Gasteiger partial charge in [0.1, 0.15) is 11.5 Å². The Bertz CT molecular complexity index is 1250. The van der Waals surface area contributed by atoms with E-state index in [4.69, 9.17) is 14.6 Å². The molecule has 2 heterocycles. The van der Waals surface area contributed by atoms with Gasteiger partial charge in [0.2, 0.25) is 0 Å². The third-order valence-electron chi connectivity index (χ3n) is 6.68. The molecule has 1 aromatic heterocycles. The molecule has 3 aromatic rings. The molecule has 36 heavy (non-hydrogen) atoms. The largest absolute Gasteiger partial charge is 0.494 e. The van der Waals surface area contributed by atoms with Crippen molar-refractivity contribution in [1.82, 2.24) is 9.99 Å². The highest BCUT2D eigenvalue weighted by Gasteiger charge is 2.44. The fourth-order valence-corrected chi connectivity index (χ4v) is 5.08. The molecule has 0 unspecified atom stereocenters. The normalized spacial score (nSPS) is 20.1. The third kappa shape index (κ3) is 4.89. The van der Waals surface area contributed by atoms with Gasteiger partial charge < -0.3 is 9.47 Å². The van der Waals surface area contributed by atoms with Gasteiger partial charge in [0.25, 0.3) is 5.91 Å². The first-order valence-corrected chi connectivity index (χ1v) is 12.7. The van der Waals surface area contributed by atoms with Crippen LogP contribution < -0.4 is 9.47 Å².